The molecule has 0 saturated heterocycles. The summed E-state index contributed by atoms with van der Waals surface area (Å²) in [6.45, 7) is 6.15. The molecule has 1 rings (SSSR count). The molecule has 0 unspecified atom stereocenters. The van der Waals surface area contributed by atoms with Crippen LogP contribution in [0.2, 0.25) is 0 Å². The fourth-order valence-electron chi connectivity index (χ4n) is 1.34. The van der Waals surface area contributed by atoms with E-state index in [1.54, 1.807) is 0 Å². The van der Waals surface area contributed by atoms with Crippen LogP contribution in [0.5, 0.6) is 0 Å². The Balaban J connectivity index is 2.69. The number of carbonyl (C=O) groups excluding carboxylic acids is 1. The predicted octanol–water partition coefficient (Wildman–Crippen LogP) is 3.72. The predicted molar refractivity (Wildman–Crippen MR) is 63.9 cm³/mol. The Morgan fingerprint density at radius 2 is 1.67 bits per heavy atom. The molecule has 0 aliphatic rings. The van der Waals surface area contributed by atoms with Crippen molar-refractivity contribution >= 4 is 5.78 Å². The quantitative estimate of drug-likeness (QED) is 0.537. The number of hydrogen-bond donors (Lipinski definition) is 0. The smallest absolute Gasteiger partial charge is 0.169 e. The summed E-state index contributed by atoms with van der Waals surface area (Å²) in [6.07, 6.45) is 4.06. The largest absolute Gasteiger partial charge is 0.294 e. The highest BCUT2D eigenvalue weighted by Crippen LogP contribution is 2.10. The number of hydrogen-bond acceptors (Lipinski definition) is 1. The van der Waals surface area contributed by atoms with Crippen LogP contribution >= 0.6 is 0 Å². The van der Waals surface area contributed by atoms with E-state index in [0.29, 0.717) is 5.92 Å². The summed E-state index contributed by atoms with van der Waals surface area (Å²) in [7, 11) is 0. The Bertz CT molecular complexity index is 336. The molecule has 0 aromatic heterocycles. The molecule has 0 bridgehead atoms. The van der Waals surface area contributed by atoms with Crippen LogP contribution < -0.4 is 0 Å². The Labute approximate surface area is 91.8 Å². The molecular weight excluding hydrogens is 184 g/mol. The van der Waals surface area contributed by atoms with Crippen LogP contribution in [0.15, 0.2) is 42.5 Å². The van der Waals surface area contributed by atoms with Gasteiger partial charge in [0.2, 0.25) is 0 Å². The van der Waals surface area contributed by atoms with Crippen LogP contribution in [0, 0.1) is 11.8 Å². The van der Waals surface area contributed by atoms with E-state index in [-0.39, 0.29) is 11.7 Å². The lowest BCUT2D eigenvalue weighted by atomic mass is 9.98. The van der Waals surface area contributed by atoms with Gasteiger partial charge in [-0.1, -0.05) is 63.3 Å². The number of benzene rings is 1. The molecule has 1 atom stereocenters. The zero-order valence-corrected chi connectivity index (χ0v) is 9.60. The van der Waals surface area contributed by atoms with Gasteiger partial charge in [-0.15, -0.1) is 0 Å². The van der Waals surface area contributed by atoms with Gasteiger partial charge in [0.25, 0.3) is 0 Å². The zero-order valence-electron chi connectivity index (χ0n) is 9.60. The highest BCUT2D eigenvalue weighted by Gasteiger charge is 2.11. The summed E-state index contributed by atoms with van der Waals surface area (Å²) >= 11 is 0. The summed E-state index contributed by atoms with van der Waals surface area (Å²) in [5.41, 5.74) is 0.790. The third-order valence-corrected chi connectivity index (χ3v) is 2.26. The summed E-state index contributed by atoms with van der Waals surface area (Å²) in [4.78, 5) is 11.9. The molecule has 1 nitrogen and oxygen atoms in total. The molecule has 1 aromatic carbocycles. The number of rotatable bonds is 4. The first-order chi connectivity index (χ1) is 7.11. The minimum atomic E-state index is -0.0326. The standard InChI is InChI=1S/C14H18O/c1-11(2)9-10-12(3)14(15)13-7-5-4-6-8-13/h4-12H,1-3H3/b10-9+/t12-/m1/s1. The first-order valence-corrected chi connectivity index (χ1v) is 5.39. The summed E-state index contributed by atoms with van der Waals surface area (Å²) in [5, 5.41) is 0. The topological polar surface area (TPSA) is 17.1 Å². The van der Waals surface area contributed by atoms with Crippen molar-refractivity contribution in [3.63, 3.8) is 0 Å². The Hall–Kier alpha value is -1.37. The molecule has 1 aromatic rings. The van der Waals surface area contributed by atoms with Crippen molar-refractivity contribution in [3.05, 3.63) is 48.0 Å². The lowest BCUT2D eigenvalue weighted by Gasteiger charge is -2.05. The molecule has 0 saturated carbocycles. The average Bonchev–Trinajstić information content (AvgIpc) is 2.26. The lowest BCUT2D eigenvalue weighted by molar-refractivity contribution is 0.0953. The molecule has 0 amide bonds. The van der Waals surface area contributed by atoms with Crippen molar-refractivity contribution in [3.8, 4) is 0 Å². The SMILES string of the molecule is CC(C)/C=C/[C@@H](C)C(=O)c1ccccc1. The molecule has 80 valence electrons. The normalized spacial score (nSPS) is 13.3. The van der Waals surface area contributed by atoms with E-state index >= 15 is 0 Å². The molecule has 0 aliphatic heterocycles. The van der Waals surface area contributed by atoms with Crippen LogP contribution in [0.1, 0.15) is 31.1 Å². The first kappa shape index (κ1) is 11.7. The summed E-state index contributed by atoms with van der Waals surface area (Å²) < 4.78 is 0. The average molecular weight is 202 g/mol. The molecule has 0 aliphatic carbocycles. The first-order valence-electron chi connectivity index (χ1n) is 5.39. The molecule has 15 heavy (non-hydrogen) atoms. The molecule has 0 N–H and O–H groups in total. The van der Waals surface area contributed by atoms with Gasteiger partial charge in [-0.2, -0.15) is 0 Å². The van der Waals surface area contributed by atoms with Gasteiger partial charge in [-0.25, -0.2) is 0 Å². The Morgan fingerprint density at radius 3 is 2.20 bits per heavy atom. The van der Waals surface area contributed by atoms with Gasteiger partial charge >= 0.3 is 0 Å². The molecule has 0 spiro atoms. The minimum Gasteiger partial charge on any atom is -0.294 e. The third-order valence-electron chi connectivity index (χ3n) is 2.26. The monoisotopic (exact) mass is 202 g/mol. The van der Waals surface area contributed by atoms with E-state index in [1.165, 1.54) is 0 Å². The van der Waals surface area contributed by atoms with Crippen molar-refractivity contribution in [1.82, 2.24) is 0 Å². The van der Waals surface area contributed by atoms with Gasteiger partial charge in [0.05, 0.1) is 0 Å². The van der Waals surface area contributed by atoms with E-state index in [0.717, 1.165) is 5.56 Å². The zero-order chi connectivity index (χ0) is 11.3. The van der Waals surface area contributed by atoms with Crippen LogP contribution in [0.3, 0.4) is 0 Å². The lowest BCUT2D eigenvalue weighted by Crippen LogP contribution is -2.08. The second-order valence-corrected chi connectivity index (χ2v) is 4.15. The van der Waals surface area contributed by atoms with E-state index in [1.807, 2.05) is 43.3 Å². The fraction of sp³-hybridized carbons (Fsp3) is 0.357. The Kier molecular flexibility index (Phi) is 4.29. The molecule has 0 heterocycles. The maximum Gasteiger partial charge on any atom is 0.169 e. The van der Waals surface area contributed by atoms with E-state index in [2.05, 4.69) is 19.9 Å². The van der Waals surface area contributed by atoms with E-state index in [4.69, 9.17) is 0 Å². The van der Waals surface area contributed by atoms with Gasteiger partial charge < -0.3 is 0 Å². The maximum absolute atomic E-state index is 11.9. The number of carbonyl (C=O) groups is 1. The molecule has 1 heteroatoms. The van der Waals surface area contributed by atoms with Crippen LogP contribution in [0.25, 0.3) is 0 Å². The molecule has 0 fully saturated rings. The van der Waals surface area contributed by atoms with Crippen LogP contribution in [0.4, 0.5) is 0 Å². The highest BCUT2D eigenvalue weighted by molar-refractivity contribution is 5.98. The highest BCUT2D eigenvalue weighted by atomic mass is 16.1. The Morgan fingerprint density at radius 1 is 1.07 bits per heavy atom. The van der Waals surface area contributed by atoms with Gasteiger partial charge in [-0.3, -0.25) is 4.79 Å². The van der Waals surface area contributed by atoms with E-state index < -0.39 is 0 Å². The van der Waals surface area contributed by atoms with E-state index in [9.17, 15) is 4.79 Å². The van der Waals surface area contributed by atoms with Gasteiger partial charge in [0.1, 0.15) is 0 Å². The van der Waals surface area contributed by atoms with Crippen molar-refractivity contribution in [1.29, 1.82) is 0 Å². The van der Waals surface area contributed by atoms with Crippen molar-refractivity contribution in [2.24, 2.45) is 11.8 Å². The number of allylic oxidation sites excluding steroid dienone is 2. The minimum absolute atomic E-state index is 0.0326. The molecule has 0 radical (unpaired) electrons. The van der Waals surface area contributed by atoms with Crippen LogP contribution in [-0.2, 0) is 0 Å². The second-order valence-electron chi connectivity index (χ2n) is 4.15. The van der Waals surface area contributed by atoms with Crippen molar-refractivity contribution < 1.29 is 4.79 Å². The van der Waals surface area contributed by atoms with Gasteiger partial charge in [-0.05, 0) is 5.92 Å². The van der Waals surface area contributed by atoms with Crippen molar-refractivity contribution in [2.45, 2.75) is 20.8 Å². The maximum atomic E-state index is 11.9. The summed E-state index contributed by atoms with van der Waals surface area (Å²) in [6, 6.07) is 9.44. The number of ketones is 1. The van der Waals surface area contributed by atoms with Gasteiger partial charge in [0.15, 0.2) is 5.78 Å². The third kappa shape index (κ3) is 3.70. The number of Topliss-reactive ketones (excluding diaryl/α,β-unsaturated/α-hetero) is 1. The van der Waals surface area contributed by atoms with Crippen LogP contribution in [-0.4, -0.2) is 5.78 Å². The fourth-order valence-corrected chi connectivity index (χ4v) is 1.34. The van der Waals surface area contributed by atoms with Gasteiger partial charge in [0, 0.05) is 11.5 Å². The molecular formula is C14H18O. The summed E-state index contributed by atoms with van der Waals surface area (Å²) in [5.74, 6) is 0.651. The van der Waals surface area contributed by atoms with Crippen molar-refractivity contribution in [2.75, 3.05) is 0 Å². The second kappa shape index (κ2) is 5.50.